The fraction of sp³-hybridized carbons (Fsp3) is 0.867. The Morgan fingerprint density at radius 2 is 1.53 bits per heavy atom. The molecule has 1 rings (SSSR count). The van der Waals surface area contributed by atoms with Gasteiger partial charge in [-0.05, 0) is 45.4 Å². The summed E-state index contributed by atoms with van der Waals surface area (Å²) in [6, 6.07) is 0. The van der Waals surface area contributed by atoms with Crippen molar-refractivity contribution in [2.24, 2.45) is 0 Å². The number of unbranched alkanes of at least 4 members (excludes halogenated alkanes) is 1. The summed E-state index contributed by atoms with van der Waals surface area (Å²) in [7, 11) is 0. The highest BCUT2D eigenvalue weighted by Crippen LogP contribution is 2.20. The Morgan fingerprint density at radius 3 is 2.11 bits per heavy atom. The Balaban J connectivity index is 2.05. The van der Waals surface area contributed by atoms with Crippen LogP contribution in [-0.2, 0) is 19.1 Å². The Morgan fingerprint density at radius 1 is 0.947 bits per heavy atom. The third kappa shape index (κ3) is 7.85. The van der Waals surface area contributed by atoms with Crippen molar-refractivity contribution >= 4 is 11.9 Å². The quantitative estimate of drug-likeness (QED) is 0.404. The molecule has 0 aromatic carbocycles. The molecule has 0 aliphatic heterocycles. The van der Waals surface area contributed by atoms with Crippen LogP contribution in [0.5, 0.6) is 0 Å². The van der Waals surface area contributed by atoms with Crippen LogP contribution in [0.3, 0.4) is 0 Å². The van der Waals surface area contributed by atoms with E-state index in [1.54, 1.807) is 6.92 Å². The van der Waals surface area contributed by atoms with Crippen molar-refractivity contribution in [1.29, 1.82) is 0 Å². The number of carbonyl (C=O) groups is 2. The van der Waals surface area contributed by atoms with Gasteiger partial charge in [0.2, 0.25) is 0 Å². The smallest absolute Gasteiger partial charge is 0.306 e. The van der Waals surface area contributed by atoms with Crippen molar-refractivity contribution in [3.8, 4) is 0 Å². The minimum atomic E-state index is -0.181. The number of rotatable bonds is 7. The van der Waals surface area contributed by atoms with E-state index in [1.807, 2.05) is 0 Å². The van der Waals surface area contributed by atoms with Gasteiger partial charge in [-0.1, -0.05) is 12.8 Å². The Labute approximate surface area is 115 Å². The van der Waals surface area contributed by atoms with Gasteiger partial charge in [-0.25, -0.2) is 0 Å². The molecule has 0 unspecified atom stereocenters. The predicted octanol–water partition coefficient (Wildman–Crippen LogP) is 3.38. The van der Waals surface area contributed by atoms with E-state index in [-0.39, 0.29) is 18.0 Å². The van der Waals surface area contributed by atoms with E-state index in [0.29, 0.717) is 32.3 Å². The lowest BCUT2D eigenvalue weighted by atomic mass is 10.1. The first-order chi connectivity index (χ1) is 9.22. The molecular formula is C15H26O4. The summed E-state index contributed by atoms with van der Waals surface area (Å²) in [5.74, 6) is -0.296. The molecule has 1 aliphatic rings. The standard InChI is InChI=1S/C15H26O4/c1-2-18-14(16)11-7-8-12-15(17)19-13-9-5-3-4-6-10-13/h13H,2-12H2,1H3. The van der Waals surface area contributed by atoms with E-state index in [1.165, 1.54) is 25.7 Å². The highest BCUT2D eigenvalue weighted by atomic mass is 16.5. The molecular weight excluding hydrogens is 244 g/mol. The van der Waals surface area contributed by atoms with Gasteiger partial charge in [0, 0.05) is 12.8 Å². The normalized spacial score (nSPS) is 16.7. The molecule has 0 saturated heterocycles. The van der Waals surface area contributed by atoms with Crippen LogP contribution in [0, 0.1) is 0 Å². The molecule has 0 atom stereocenters. The van der Waals surface area contributed by atoms with Crippen LogP contribution in [0.15, 0.2) is 0 Å². The third-order valence-electron chi connectivity index (χ3n) is 3.42. The van der Waals surface area contributed by atoms with E-state index in [0.717, 1.165) is 12.8 Å². The number of carbonyl (C=O) groups excluding carboxylic acids is 2. The van der Waals surface area contributed by atoms with Crippen LogP contribution >= 0.6 is 0 Å². The Kier molecular flexibility index (Phi) is 8.26. The van der Waals surface area contributed by atoms with Gasteiger partial charge in [-0.15, -0.1) is 0 Å². The second kappa shape index (κ2) is 9.82. The van der Waals surface area contributed by atoms with Crippen molar-refractivity contribution in [1.82, 2.24) is 0 Å². The number of hydrogen-bond acceptors (Lipinski definition) is 4. The molecule has 0 heterocycles. The van der Waals surface area contributed by atoms with Crippen molar-refractivity contribution in [2.45, 2.75) is 77.2 Å². The Hall–Kier alpha value is -1.06. The molecule has 0 amide bonds. The fourth-order valence-electron chi connectivity index (χ4n) is 2.38. The fourth-order valence-corrected chi connectivity index (χ4v) is 2.38. The highest BCUT2D eigenvalue weighted by Gasteiger charge is 2.16. The molecule has 4 heteroatoms. The summed E-state index contributed by atoms with van der Waals surface area (Å²) in [6.45, 7) is 2.21. The molecule has 1 fully saturated rings. The summed E-state index contributed by atoms with van der Waals surface area (Å²) in [5, 5.41) is 0. The number of hydrogen-bond donors (Lipinski definition) is 0. The maximum Gasteiger partial charge on any atom is 0.306 e. The topological polar surface area (TPSA) is 52.6 Å². The molecule has 0 radical (unpaired) electrons. The molecule has 0 spiro atoms. The molecule has 1 saturated carbocycles. The molecule has 19 heavy (non-hydrogen) atoms. The average molecular weight is 270 g/mol. The lowest BCUT2D eigenvalue weighted by molar-refractivity contribution is -0.150. The van der Waals surface area contributed by atoms with Crippen LogP contribution in [-0.4, -0.2) is 24.6 Å². The van der Waals surface area contributed by atoms with Crippen molar-refractivity contribution < 1.29 is 19.1 Å². The zero-order valence-corrected chi connectivity index (χ0v) is 12.0. The van der Waals surface area contributed by atoms with Gasteiger partial charge in [-0.2, -0.15) is 0 Å². The first-order valence-electron chi connectivity index (χ1n) is 7.57. The van der Waals surface area contributed by atoms with E-state index < -0.39 is 0 Å². The van der Waals surface area contributed by atoms with E-state index in [4.69, 9.17) is 9.47 Å². The minimum Gasteiger partial charge on any atom is -0.466 e. The lowest BCUT2D eigenvalue weighted by Crippen LogP contribution is -2.17. The second-order valence-corrected chi connectivity index (χ2v) is 5.12. The van der Waals surface area contributed by atoms with Gasteiger partial charge in [0.25, 0.3) is 0 Å². The lowest BCUT2D eigenvalue weighted by Gasteiger charge is -2.15. The average Bonchev–Trinajstić information content (AvgIpc) is 2.64. The summed E-state index contributed by atoms with van der Waals surface area (Å²) in [5.41, 5.74) is 0. The SMILES string of the molecule is CCOC(=O)CCCCC(=O)OC1CCCCCC1. The molecule has 4 nitrogen and oxygen atoms in total. The largest absolute Gasteiger partial charge is 0.466 e. The van der Waals surface area contributed by atoms with E-state index in [2.05, 4.69) is 0 Å². The van der Waals surface area contributed by atoms with Gasteiger partial charge in [0.05, 0.1) is 6.61 Å². The van der Waals surface area contributed by atoms with Gasteiger partial charge >= 0.3 is 11.9 Å². The van der Waals surface area contributed by atoms with E-state index >= 15 is 0 Å². The summed E-state index contributed by atoms with van der Waals surface area (Å²) in [4.78, 5) is 22.8. The van der Waals surface area contributed by atoms with Crippen molar-refractivity contribution in [2.75, 3.05) is 6.61 Å². The minimum absolute atomic E-state index is 0.115. The maximum atomic E-state index is 11.7. The van der Waals surface area contributed by atoms with Gasteiger partial charge in [0.15, 0.2) is 0 Å². The van der Waals surface area contributed by atoms with Crippen LogP contribution < -0.4 is 0 Å². The molecule has 0 aromatic heterocycles. The zero-order valence-electron chi connectivity index (χ0n) is 12.0. The molecule has 0 N–H and O–H groups in total. The van der Waals surface area contributed by atoms with Crippen LogP contribution in [0.4, 0.5) is 0 Å². The molecule has 1 aliphatic carbocycles. The van der Waals surface area contributed by atoms with Gasteiger partial charge in [0.1, 0.15) is 6.10 Å². The van der Waals surface area contributed by atoms with Gasteiger partial charge < -0.3 is 9.47 Å². The highest BCUT2D eigenvalue weighted by molar-refractivity contribution is 5.70. The number of ether oxygens (including phenoxy) is 2. The van der Waals surface area contributed by atoms with Crippen molar-refractivity contribution in [3.05, 3.63) is 0 Å². The van der Waals surface area contributed by atoms with E-state index in [9.17, 15) is 9.59 Å². The first-order valence-corrected chi connectivity index (χ1v) is 7.57. The van der Waals surface area contributed by atoms with Crippen LogP contribution in [0.2, 0.25) is 0 Å². The summed E-state index contributed by atoms with van der Waals surface area (Å²) >= 11 is 0. The Bertz CT molecular complexity index is 267. The maximum absolute atomic E-state index is 11.7. The first kappa shape index (κ1) is 16.0. The third-order valence-corrected chi connectivity index (χ3v) is 3.42. The van der Waals surface area contributed by atoms with Crippen LogP contribution in [0.25, 0.3) is 0 Å². The molecule has 0 bridgehead atoms. The second-order valence-electron chi connectivity index (χ2n) is 5.12. The van der Waals surface area contributed by atoms with Crippen LogP contribution in [0.1, 0.15) is 71.1 Å². The van der Waals surface area contributed by atoms with Crippen molar-refractivity contribution in [3.63, 3.8) is 0 Å². The predicted molar refractivity (Wildman–Crippen MR) is 72.7 cm³/mol. The zero-order chi connectivity index (χ0) is 13.9. The van der Waals surface area contributed by atoms with Gasteiger partial charge in [-0.3, -0.25) is 9.59 Å². The summed E-state index contributed by atoms with van der Waals surface area (Å²) < 4.78 is 10.3. The number of esters is 2. The monoisotopic (exact) mass is 270 g/mol. The molecule has 0 aromatic rings. The summed E-state index contributed by atoms with van der Waals surface area (Å²) in [6.07, 6.45) is 9.19. The molecule has 110 valence electrons.